The molecule has 26 heavy (non-hydrogen) atoms. The van der Waals surface area contributed by atoms with Crippen molar-refractivity contribution in [2.24, 2.45) is 0 Å². The molecule has 1 heterocycles. The summed E-state index contributed by atoms with van der Waals surface area (Å²) in [5.41, 5.74) is 3.01. The summed E-state index contributed by atoms with van der Waals surface area (Å²) in [5.74, 6) is 0.797. The molecule has 0 amide bonds. The van der Waals surface area contributed by atoms with Gasteiger partial charge in [-0.1, -0.05) is 31.4 Å². The Labute approximate surface area is 154 Å². The molecule has 1 aliphatic rings. The van der Waals surface area contributed by atoms with Crippen LogP contribution in [0.25, 0.3) is 22.3 Å². The molecule has 2 aromatic carbocycles. The topological polar surface area (TPSA) is 38.1 Å². The van der Waals surface area contributed by atoms with Crippen molar-refractivity contribution in [3.8, 4) is 11.4 Å². The van der Waals surface area contributed by atoms with Gasteiger partial charge in [0, 0.05) is 31.4 Å². The number of aromatic nitrogens is 2. The van der Waals surface area contributed by atoms with Crippen molar-refractivity contribution in [2.75, 3.05) is 19.0 Å². The van der Waals surface area contributed by atoms with Gasteiger partial charge in [0.25, 0.3) is 5.56 Å². The quantitative estimate of drug-likeness (QED) is 0.693. The Balaban J connectivity index is 1.92. The van der Waals surface area contributed by atoms with Crippen molar-refractivity contribution in [1.82, 2.24) is 9.55 Å². The van der Waals surface area contributed by atoms with Crippen LogP contribution < -0.4 is 10.5 Å². The molecule has 4 heteroatoms. The molecule has 0 bridgehead atoms. The fourth-order valence-electron chi connectivity index (χ4n) is 3.94. The molecule has 0 aliphatic heterocycles. The van der Waals surface area contributed by atoms with Gasteiger partial charge < -0.3 is 4.90 Å². The van der Waals surface area contributed by atoms with Crippen LogP contribution in [-0.4, -0.2) is 23.6 Å². The van der Waals surface area contributed by atoms with Crippen molar-refractivity contribution in [2.45, 2.75) is 38.1 Å². The molecule has 0 radical (unpaired) electrons. The van der Waals surface area contributed by atoms with Crippen LogP contribution in [0.15, 0.2) is 53.3 Å². The first-order chi connectivity index (χ1) is 12.6. The van der Waals surface area contributed by atoms with Crippen LogP contribution in [0.5, 0.6) is 0 Å². The fourth-order valence-corrected chi connectivity index (χ4v) is 3.94. The van der Waals surface area contributed by atoms with Gasteiger partial charge >= 0.3 is 0 Å². The Kier molecular flexibility index (Phi) is 4.49. The zero-order valence-electron chi connectivity index (χ0n) is 15.5. The molecule has 0 unspecified atom stereocenters. The number of benzene rings is 2. The second kappa shape index (κ2) is 6.94. The SMILES string of the molecule is CN(C)c1ccc(-c2nc3ccccc3c(=O)n2C2CCCCC2)cc1. The number of hydrogen-bond donors (Lipinski definition) is 0. The van der Waals surface area contributed by atoms with Crippen LogP contribution in [0.4, 0.5) is 5.69 Å². The molecule has 4 rings (SSSR count). The van der Waals surface area contributed by atoms with Gasteiger partial charge in [0.15, 0.2) is 0 Å². The summed E-state index contributed by atoms with van der Waals surface area (Å²) in [6, 6.07) is 16.3. The molecule has 1 saturated carbocycles. The van der Waals surface area contributed by atoms with Crippen molar-refractivity contribution in [3.63, 3.8) is 0 Å². The molecule has 3 aromatic rings. The van der Waals surface area contributed by atoms with E-state index < -0.39 is 0 Å². The molecule has 1 aliphatic carbocycles. The third-order valence-corrected chi connectivity index (χ3v) is 5.39. The van der Waals surface area contributed by atoms with Crippen LogP contribution in [0, 0.1) is 0 Å². The van der Waals surface area contributed by atoms with Gasteiger partial charge in [-0.3, -0.25) is 9.36 Å². The number of fused-ring (bicyclic) bond motifs is 1. The van der Waals surface area contributed by atoms with Crippen molar-refractivity contribution in [1.29, 1.82) is 0 Å². The zero-order chi connectivity index (χ0) is 18.1. The van der Waals surface area contributed by atoms with E-state index in [2.05, 4.69) is 29.2 Å². The van der Waals surface area contributed by atoms with E-state index in [1.54, 1.807) is 0 Å². The second-order valence-electron chi connectivity index (χ2n) is 7.36. The summed E-state index contributed by atoms with van der Waals surface area (Å²) in [6.07, 6.45) is 5.75. The maximum Gasteiger partial charge on any atom is 0.261 e. The number of hydrogen-bond acceptors (Lipinski definition) is 3. The van der Waals surface area contributed by atoms with E-state index in [-0.39, 0.29) is 11.6 Å². The van der Waals surface area contributed by atoms with E-state index in [0.717, 1.165) is 35.4 Å². The molecule has 1 aromatic heterocycles. The lowest BCUT2D eigenvalue weighted by Gasteiger charge is -2.26. The second-order valence-corrected chi connectivity index (χ2v) is 7.36. The van der Waals surface area contributed by atoms with Gasteiger partial charge in [0.05, 0.1) is 10.9 Å². The molecule has 0 saturated heterocycles. The molecule has 4 nitrogen and oxygen atoms in total. The monoisotopic (exact) mass is 347 g/mol. The summed E-state index contributed by atoms with van der Waals surface area (Å²) in [6.45, 7) is 0. The van der Waals surface area contributed by atoms with Gasteiger partial charge in [0.1, 0.15) is 5.82 Å². The van der Waals surface area contributed by atoms with Crippen LogP contribution >= 0.6 is 0 Å². The van der Waals surface area contributed by atoms with Gasteiger partial charge in [-0.15, -0.1) is 0 Å². The molecule has 0 atom stereocenters. The maximum atomic E-state index is 13.3. The van der Waals surface area contributed by atoms with E-state index in [9.17, 15) is 4.79 Å². The normalized spacial score (nSPS) is 15.3. The molecule has 0 spiro atoms. The van der Waals surface area contributed by atoms with Crippen LogP contribution in [-0.2, 0) is 0 Å². The van der Waals surface area contributed by atoms with Crippen LogP contribution in [0.3, 0.4) is 0 Å². The minimum atomic E-state index is 0.0918. The van der Waals surface area contributed by atoms with Gasteiger partial charge in [-0.05, 0) is 49.2 Å². The van der Waals surface area contributed by atoms with Crippen LogP contribution in [0.1, 0.15) is 38.1 Å². The summed E-state index contributed by atoms with van der Waals surface area (Å²) in [4.78, 5) is 20.3. The Hall–Kier alpha value is -2.62. The summed E-state index contributed by atoms with van der Waals surface area (Å²) in [7, 11) is 4.06. The molecule has 134 valence electrons. The largest absolute Gasteiger partial charge is 0.378 e. The predicted octanol–water partition coefficient (Wildman–Crippen LogP) is 4.63. The van der Waals surface area contributed by atoms with Gasteiger partial charge in [0.2, 0.25) is 0 Å². The lowest BCUT2D eigenvalue weighted by atomic mass is 9.94. The third kappa shape index (κ3) is 3.00. The van der Waals surface area contributed by atoms with E-state index in [1.165, 1.54) is 19.3 Å². The lowest BCUT2D eigenvalue weighted by Crippen LogP contribution is -2.29. The summed E-state index contributed by atoms with van der Waals surface area (Å²) >= 11 is 0. The highest BCUT2D eigenvalue weighted by molar-refractivity contribution is 5.79. The van der Waals surface area contributed by atoms with Gasteiger partial charge in [-0.25, -0.2) is 4.98 Å². The highest BCUT2D eigenvalue weighted by atomic mass is 16.1. The van der Waals surface area contributed by atoms with E-state index in [0.29, 0.717) is 5.39 Å². The predicted molar refractivity (Wildman–Crippen MR) is 108 cm³/mol. The minimum absolute atomic E-state index is 0.0918. The van der Waals surface area contributed by atoms with E-state index in [4.69, 9.17) is 4.98 Å². The highest BCUT2D eigenvalue weighted by Crippen LogP contribution is 2.31. The molecular formula is C22H25N3O. The first-order valence-electron chi connectivity index (χ1n) is 9.44. The Bertz CT molecular complexity index is 967. The smallest absolute Gasteiger partial charge is 0.261 e. The molecule has 1 fully saturated rings. The first-order valence-corrected chi connectivity index (χ1v) is 9.44. The summed E-state index contributed by atoms with van der Waals surface area (Å²) in [5, 5.41) is 0.715. The highest BCUT2D eigenvalue weighted by Gasteiger charge is 2.22. The lowest BCUT2D eigenvalue weighted by molar-refractivity contribution is 0.348. The average Bonchev–Trinajstić information content (AvgIpc) is 2.68. The standard InChI is InChI=1S/C22H25N3O/c1-24(2)17-14-12-16(13-15-17)21-23-20-11-7-6-10-19(20)22(26)25(21)18-8-4-3-5-9-18/h6-7,10-15,18H,3-5,8-9H2,1-2H3. The van der Waals surface area contributed by atoms with Crippen LogP contribution in [0.2, 0.25) is 0 Å². The average molecular weight is 347 g/mol. The zero-order valence-corrected chi connectivity index (χ0v) is 15.5. The fraction of sp³-hybridized carbons (Fsp3) is 0.364. The number of para-hydroxylation sites is 1. The summed E-state index contributed by atoms with van der Waals surface area (Å²) < 4.78 is 1.96. The number of rotatable bonds is 3. The third-order valence-electron chi connectivity index (χ3n) is 5.39. The molecule has 0 N–H and O–H groups in total. The number of nitrogens with zero attached hydrogens (tertiary/aromatic N) is 3. The van der Waals surface area contributed by atoms with Crippen molar-refractivity contribution in [3.05, 3.63) is 58.9 Å². The Morgan fingerprint density at radius 2 is 1.65 bits per heavy atom. The van der Waals surface area contributed by atoms with Gasteiger partial charge in [-0.2, -0.15) is 0 Å². The number of anilines is 1. The van der Waals surface area contributed by atoms with E-state index in [1.807, 2.05) is 42.9 Å². The first kappa shape index (κ1) is 16.8. The minimum Gasteiger partial charge on any atom is -0.378 e. The van der Waals surface area contributed by atoms with Crippen molar-refractivity contribution < 1.29 is 0 Å². The van der Waals surface area contributed by atoms with Crippen molar-refractivity contribution >= 4 is 16.6 Å². The van der Waals surface area contributed by atoms with E-state index >= 15 is 0 Å². The maximum absolute atomic E-state index is 13.3. The Morgan fingerprint density at radius 3 is 2.35 bits per heavy atom. The molecular weight excluding hydrogens is 322 g/mol. The Morgan fingerprint density at radius 1 is 0.962 bits per heavy atom.